The molecule has 0 fully saturated rings. The molecule has 0 radical (unpaired) electrons. The standard InChI is InChI=1S/C14H16BrN3OS/c1-14(2,16)12(19)18-13-17-8-11(20-13)7-9-3-5-10(15)6-4-9/h3-6,8H,7,16H2,1-2H3,(H,17,18,19). The third kappa shape index (κ3) is 4.13. The van der Waals surface area contributed by atoms with Crippen LogP contribution in [0.4, 0.5) is 5.13 Å². The number of carbonyl (C=O) groups excluding carboxylic acids is 1. The molecule has 1 aromatic heterocycles. The lowest BCUT2D eigenvalue weighted by molar-refractivity contribution is -0.120. The average Bonchev–Trinajstić information content (AvgIpc) is 2.78. The van der Waals surface area contributed by atoms with E-state index in [1.165, 1.54) is 16.9 Å². The van der Waals surface area contributed by atoms with Crippen LogP contribution in [0, 0.1) is 0 Å². The lowest BCUT2D eigenvalue weighted by Gasteiger charge is -2.16. The van der Waals surface area contributed by atoms with Crippen molar-refractivity contribution in [2.75, 3.05) is 5.32 Å². The van der Waals surface area contributed by atoms with Crippen LogP contribution in [-0.2, 0) is 11.2 Å². The second-order valence-electron chi connectivity index (χ2n) is 5.11. The van der Waals surface area contributed by atoms with Crippen molar-refractivity contribution in [2.24, 2.45) is 5.73 Å². The van der Waals surface area contributed by atoms with E-state index in [4.69, 9.17) is 5.73 Å². The van der Waals surface area contributed by atoms with Gasteiger partial charge in [0, 0.05) is 22.0 Å². The zero-order chi connectivity index (χ0) is 14.8. The van der Waals surface area contributed by atoms with Crippen molar-refractivity contribution >= 4 is 38.3 Å². The Bertz CT molecular complexity index is 602. The number of nitrogens with one attached hydrogen (secondary N) is 1. The number of halogens is 1. The smallest absolute Gasteiger partial charge is 0.245 e. The van der Waals surface area contributed by atoms with Crippen molar-refractivity contribution in [3.8, 4) is 0 Å². The van der Waals surface area contributed by atoms with E-state index in [1.807, 2.05) is 12.1 Å². The van der Waals surface area contributed by atoms with E-state index < -0.39 is 5.54 Å². The first kappa shape index (κ1) is 15.2. The Labute approximate surface area is 130 Å². The molecule has 0 saturated heterocycles. The van der Waals surface area contributed by atoms with Gasteiger partial charge >= 0.3 is 0 Å². The number of rotatable bonds is 4. The first-order valence-corrected chi connectivity index (χ1v) is 7.75. The van der Waals surface area contributed by atoms with Gasteiger partial charge in [0.05, 0.1) is 5.54 Å². The molecule has 0 aliphatic carbocycles. The van der Waals surface area contributed by atoms with Crippen LogP contribution < -0.4 is 11.1 Å². The summed E-state index contributed by atoms with van der Waals surface area (Å²) in [6.45, 7) is 3.33. The fourth-order valence-corrected chi connectivity index (χ4v) is 2.61. The Morgan fingerprint density at radius 3 is 2.65 bits per heavy atom. The van der Waals surface area contributed by atoms with Gasteiger partial charge in [-0.25, -0.2) is 4.98 Å². The van der Waals surface area contributed by atoms with Crippen LogP contribution in [0.25, 0.3) is 0 Å². The first-order valence-electron chi connectivity index (χ1n) is 6.14. The van der Waals surface area contributed by atoms with Gasteiger partial charge < -0.3 is 11.1 Å². The highest BCUT2D eigenvalue weighted by molar-refractivity contribution is 9.10. The molecule has 0 unspecified atom stereocenters. The van der Waals surface area contributed by atoms with Gasteiger partial charge in [0.25, 0.3) is 0 Å². The maximum atomic E-state index is 11.8. The Balaban J connectivity index is 2.02. The van der Waals surface area contributed by atoms with Gasteiger partial charge in [-0.05, 0) is 31.5 Å². The lowest BCUT2D eigenvalue weighted by atomic mass is 10.1. The van der Waals surface area contributed by atoms with Crippen LogP contribution in [0.1, 0.15) is 24.3 Å². The zero-order valence-corrected chi connectivity index (χ0v) is 13.7. The summed E-state index contributed by atoms with van der Waals surface area (Å²) in [7, 11) is 0. The maximum absolute atomic E-state index is 11.8. The summed E-state index contributed by atoms with van der Waals surface area (Å²) in [5, 5.41) is 3.32. The number of anilines is 1. The van der Waals surface area contributed by atoms with E-state index in [0.29, 0.717) is 5.13 Å². The summed E-state index contributed by atoms with van der Waals surface area (Å²) in [6.07, 6.45) is 2.58. The third-order valence-corrected chi connectivity index (χ3v) is 4.09. The van der Waals surface area contributed by atoms with E-state index in [-0.39, 0.29) is 5.91 Å². The SMILES string of the molecule is CC(C)(N)C(=O)Nc1ncc(Cc2ccc(Br)cc2)s1. The summed E-state index contributed by atoms with van der Waals surface area (Å²) < 4.78 is 1.06. The number of nitrogens with two attached hydrogens (primary N) is 1. The summed E-state index contributed by atoms with van der Waals surface area (Å²) in [4.78, 5) is 17.1. The predicted octanol–water partition coefficient (Wildman–Crippen LogP) is 3.17. The Morgan fingerprint density at radius 2 is 2.05 bits per heavy atom. The molecule has 0 atom stereocenters. The second kappa shape index (κ2) is 6.03. The number of hydrogen-bond donors (Lipinski definition) is 2. The molecule has 1 aromatic carbocycles. The van der Waals surface area contributed by atoms with Gasteiger partial charge in [0.1, 0.15) is 0 Å². The number of carbonyl (C=O) groups is 1. The largest absolute Gasteiger partial charge is 0.318 e. The number of thiazole rings is 1. The van der Waals surface area contributed by atoms with Gasteiger partial charge in [-0.1, -0.05) is 28.1 Å². The molecular weight excluding hydrogens is 338 g/mol. The quantitative estimate of drug-likeness (QED) is 0.886. The van der Waals surface area contributed by atoms with Gasteiger partial charge in [-0.3, -0.25) is 4.79 Å². The topological polar surface area (TPSA) is 68.0 Å². The molecule has 4 nitrogen and oxygen atoms in total. The van der Waals surface area contributed by atoms with Crippen LogP contribution in [-0.4, -0.2) is 16.4 Å². The van der Waals surface area contributed by atoms with E-state index in [1.54, 1.807) is 20.0 Å². The van der Waals surface area contributed by atoms with E-state index in [0.717, 1.165) is 15.8 Å². The number of benzene rings is 1. The lowest BCUT2D eigenvalue weighted by Crippen LogP contribution is -2.45. The number of aromatic nitrogens is 1. The predicted molar refractivity (Wildman–Crippen MR) is 86.0 cm³/mol. The molecule has 3 N–H and O–H groups in total. The van der Waals surface area contributed by atoms with Crippen LogP contribution in [0.15, 0.2) is 34.9 Å². The highest BCUT2D eigenvalue weighted by atomic mass is 79.9. The molecule has 0 aliphatic heterocycles. The molecule has 0 spiro atoms. The van der Waals surface area contributed by atoms with Crippen molar-refractivity contribution in [3.63, 3.8) is 0 Å². The van der Waals surface area contributed by atoms with Crippen LogP contribution in [0.2, 0.25) is 0 Å². The molecule has 2 rings (SSSR count). The van der Waals surface area contributed by atoms with Crippen molar-refractivity contribution in [2.45, 2.75) is 25.8 Å². The van der Waals surface area contributed by atoms with Crippen LogP contribution in [0.3, 0.4) is 0 Å². The van der Waals surface area contributed by atoms with Gasteiger partial charge in [0.15, 0.2) is 5.13 Å². The number of nitrogens with zero attached hydrogens (tertiary/aromatic N) is 1. The molecule has 6 heteroatoms. The maximum Gasteiger partial charge on any atom is 0.245 e. The molecular formula is C14H16BrN3OS. The Kier molecular flexibility index (Phi) is 4.57. The number of amides is 1. The zero-order valence-electron chi connectivity index (χ0n) is 11.3. The summed E-state index contributed by atoms with van der Waals surface area (Å²) in [5.74, 6) is -0.234. The minimum atomic E-state index is -0.905. The highest BCUT2D eigenvalue weighted by Gasteiger charge is 2.22. The second-order valence-corrected chi connectivity index (χ2v) is 7.14. The molecule has 106 valence electrons. The average molecular weight is 354 g/mol. The van der Waals surface area contributed by atoms with Crippen molar-refractivity contribution in [1.29, 1.82) is 0 Å². The highest BCUT2D eigenvalue weighted by Crippen LogP contribution is 2.22. The summed E-state index contributed by atoms with van der Waals surface area (Å²) >= 11 is 4.88. The Hall–Kier alpha value is -1.24. The third-order valence-electron chi connectivity index (χ3n) is 2.65. The van der Waals surface area contributed by atoms with Crippen molar-refractivity contribution in [1.82, 2.24) is 4.98 Å². The molecule has 0 bridgehead atoms. The Morgan fingerprint density at radius 1 is 1.40 bits per heavy atom. The fourth-order valence-electron chi connectivity index (χ4n) is 1.51. The van der Waals surface area contributed by atoms with Crippen molar-refractivity contribution in [3.05, 3.63) is 45.4 Å². The van der Waals surface area contributed by atoms with Crippen LogP contribution in [0.5, 0.6) is 0 Å². The van der Waals surface area contributed by atoms with Gasteiger partial charge in [0.2, 0.25) is 5.91 Å². The first-order chi connectivity index (χ1) is 9.34. The molecule has 2 aromatic rings. The van der Waals surface area contributed by atoms with Gasteiger partial charge in [-0.15, -0.1) is 11.3 Å². The number of hydrogen-bond acceptors (Lipinski definition) is 4. The van der Waals surface area contributed by atoms with Gasteiger partial charge in [-0.2, -0.15) is 0 Å². The molecule has 0 saturated carbocycles. The van der Waals surface area contributed by atoms with Crippen molar-refractivity contribution < 1.29 is 4.79 Å². The minimum absolute atomic E-state index is 0.234. The van der Waals surface area contributed by atoms with E-state index >= 15 is 0 Å². The fraction of sp³-hybridized carbons (Fsp3) is 0.286. The molecule has 1 heterocycles. The minimum Gasteiger partial charge on any atom is -0.318 e. The monoisotopic (exact) mass is 353 g/mol. The van der Waals surface area contributed by atoms with E-state index in [2.05, 4.69) is 38.4 Å². The molecule has 0 aliphatic rings. The summed E-state index contributed by atoms with van der Waals surface area (Å²) in [5.41, 5.74) is 6.03. The normalized spacial score (nSPS) is 11.4. The van der Waals surface area contributed by atoms with Crippen LogP contribution >= 0.6 is 27.3 Å². The molecule has 20 heavy (non-hydrogen) atoms. The molecule has 1 amide bonds. The van der Waals surface area contributed by atoms with E-state index in [9.17, 15) is 4.79 Å². The summed E-state index contributed by atoms with van der Waals surface area (Å²) in [6, 6.07) is 8.14.